The molecule has 0 aliphatic carbocycles. The number of aryl methyl sites for hydroxylation is 1. The molecule has 0 amide bonds. The van der Waals surface area contributed by atoms with Gasteiger partial charge in [-0.1, -0.05) is 19.9 Å². The molecule has 0 aromatic carbocycles. The summed E-state index contributed by atoms with van der Waals surface area (Å²) in [6.45, 7) is 9.69. The van der Waals surface area contributed by atoms with Gasteiger partial charge in [0.15, 0.2) is 0 Å². The Morgan fingerprint density at radius 2 is 2.13 bits per heavy atom. The van der Waals surface area contributed by atoms with Crippen LogP contribution in [0.3, 0.4) is 0 Å². The summed E-state index contributed by atoms with van der Waals surface area (Å²) in [6, 6.07) is 5.84. The van der Waals surface area contributed by atoms with Crippen LogP contribution in [-0.4, -0.2) is 40.0 Å². The number of H-pyrrole nitrogens is 1. The highest BCUT2D eigenvalue weighted by Gasteiger charge is 2.17. The largest absolute Gasteiger partial charge is 0.348 e. The predicted molar refractivity (Wildman–Crippen MR) is 98.6 cm³/mol. The number of imidazole rings is 1. The standard InChI is InChI=1S/C17H22BrN5/c1-12(14-6-5-7-16(18)23-14)20-10-17(3,4)9-19-8-15-13(2)21-11-22-15/h5-8,11H,9-10H2,1-4H3,(H,21,22). The molecule has 0 bridgehead atoms. The van der Waals surface area contributed by atoms with E-state index in [1.165, 1.54) is 0 Å². The van der Waals surface area contributed by atoms with E-state index in [4.69, 9.17) is 0 Å². The van der Waals surface area contributed by atoms with Gasteiger partial charge in [-0.3, -0.25) is 9.98 Å². The van der Waals surface area contributed by atoms with Crippen molar-refractivity contribution in [1.82, 2.24) is 15.0 Å². The molecule has 2 heterocycles. The second-order valence-corrected chi connectivity index (χ2v) is 7.11. The summed E-state index contributed by atoms with van der Waals surface area (Å²) < 4.78 is 0.822. The van der Waals surface area contributed by atoms with Crippen LogP contribution in [0.1, 0.15) is 37.9 Å². The minimum atomic E-state index is -0.0199. The number of halogens is 1. The van der Waals surface area contributed by atoms with Crippen molar-refractivity contribution in [2.75, 3.05) is 13.1 Å². The summed E-state index contributed by atoms with van der Waals surface area (Å²) in [5.41, 5.74) is 3.73. The normalized spacial score (nSPS) is 13.0. The van der Waals surface area contributed by atoms with Crippen molar-refractivity contribution in [2.24, 2.45) is 15.4 Å². The van der Waals surface area contributed by atoms with Crippen molar-refractivity contribution < 1.29 is 0 Å². The maximum atomic E-state index is 4.68. The molecule has 0 aliphatic rings. The Kier molecular flexibility index (Phi) is 5.82. The van der Waals surface area contributed by atoms with E-state index in [1.807, 2.05) is 38.3 Å². The Hall–Kier alpha value is -1.82. The topological polar surface area (TPSA) is 66.3 Å². The van der Waals surface area contributed by atoms with Gasteiger partial charge in [-0.2, -0.15) is 0 Å². The monoisotopic (exact) mass is 375 g/mol. The SMILES string of the molecule is CC(=NCC(C)(C)CN=Cc1nc[nH]c1C)c1cccc(Br)n1. The van der Waals surface area contributed by atoms with Gasteiger partial charge in [0.25, 0.3) is 0 Å². The van der Waals surface area contributed by atoms with Gasteiger partial charge in [-0.05, 0) is 41.9 Å². The Morgan fingerprint density at radius 3 is 2.78 bits per heavy atom. The minimum absolute atomic E-state index is 0.0199. The predicted octanol–water partition coefficient (Wildman–Crippen LogP) is 3.83. The van der Waals surface area contributed by atoms with Crippen LogP contribution in [0.25, 0.3) is 0 Å². The smallest absolute Gasteiger partial charge is 0.106 e. The molecule has 2 aromatic heterocycles. The van der Waals surface area contributed by atoms with E-state index in [0.717, 1.165) is 27.4 Å². The first-order chi connectivity index (χ1) is 10.9. The highest BCUT2D eigenvalue weighted by atomic mass is 79.9. The van der Waals surface area contributed by atoms with Crippen molar-refractivity contribution in [1.29, 1.82) is 0 Å². The van der Waals surface area contributed by atoms with Crippen LogP contribution in [-0.2, 0) is 0 Å². The lowest BCUT2D eigenvalue weighted by atomic mass is 9.94. The zero-order chi connectivity index (χ0) is 16.9. The minimum Gasteiger partial charge on any atom is -0.348 e. The Morgan fingerprint density at radius 1 is 1.35 bits per heavy atom. The highest BCUT2D eigenvalue weighted by molar-refractivity contribution is 9.10. The van der Waals surface area contributed by atoms with Crippen molar-refractivity contribution in [3.8, 4) is 0 Å². The molecule has 2 rings (SSSR count). The Bertz CT molecular complexity index is 715. The van der Waals surface area contributed by atoms with Crippen LogP contribution in [0.2, 0.25) is 0 Å². The first-order valence-corrected chi connectivity index (χ1v) is 8.30. The lowest BCUT2D eigenvalue weighted by Gasteiger charge is -2.19. The fraction of sp³-hybridized carbons (Fsp3) is 0.412. The van der Waals surface area contributed by atoms with Crippen LogP contribution < -0.4 is 0 Å². The molecular weight excluding hydrogens is 354 g/mol. The molecule has 2 aromatic rings. The van der Waals surface area contributed by atoms with E-state index in [9.17, 15) is 0 Å². The molecule has 0 saturated heterocycles. The number of rotatable bonds is 6. The number of nitrogens with one attached hydrogen (secondary N) is 1. The van der Waals surface area contributed by atoms with Crippen LogP contribution >= 0.6 is 15.9 Å². The van der Waals surface area contributed by atoms with Gasteiger partial charge in [-0.15, -0.1) is 0 Å². The van der Waals surface area contributed by atoms with Gasteiger partial charge in [0.1, 0.15) is 10.3 Å². The van der Waals surface area contributed by atoms with Crippen LogP contribution in [0.15, 0.2) is 39.1 Å². The number of hydrogen-bond donors (Lipinski definition) is 1. The van der Waals surface area contributed by atoms with Gasteiger partial charge in [0.05, 0.1) is 17.7 Å². The van der Waals surface area contributed by atoms with Gasteiger partial charge < -0.3 is 4.98 Å². The van der Waals surface area contributed by atoms with Crippen molar-refractivity contribution in [2.45, 2.75) is 27.7 Å². The van der Waals surface area contributed by atoms with Crippen LogP contribution in [0.5, 0.6) is 0 Å². The number of aromatic amines is 1. The van der Waals surface area contributed by atoms with E-state index in [0.29, 0.717) is 13.1 Å². The second kappa shape index (κ2) is 7.64. The molecule has 0 spiro atoms. The van der Waals surface area contributed by atoms with Crippen LogP contribution in [0, 0.1) is 12.3 Å². The number of aromatic nitrogens is 3. The molecule has 6 heteroatoms. The third-order valence-electron chi connectivity index (χ3n) is 3.43. The Labute approximate surface area is 145 Å². The molecular formula is C17H22BrN5. The van der Waals surface area contributed by atoms with Gasteiger partial charge in [0.2, 0.25) is 0 Å². The summed E-state index contributed by atoms with van der Waals surface area (Å²) in [5, 5.41) is 0. The summed E-state index contributed by atoms with van der Waals surface area (Å²) in [6.07, 6.45) is 3.50. The number of aliphatic imine (C=N–C) groups is 2. The van der Waals surface area contributed by atoms with Gasteiger partial charge in [0, 0.05) is 30.4 Å². The maximum Gasteiger partial charge on any atom is 0.106 e. The number of pyridine rings is 1. The third-order valence-corrected chi connectivity index (χ3v) is 3.87. The zero-order valence-electron chi connectivity index (χ0n) is 14.0. The fourth-order valence-corrected chi connectivity index (χ4v) is 2.30. The first-order valence-electron chi connectivity index (χ1n) is 7.51. The second-order valence-electron chi connectivity index (χ2n) is 6.29. The molecule has 0 radical (unpaired) electrons. The summed E-state index contributed by atoms with van der Waals surface area (Å²) >= 11 is 3.39. The van der Waals surface area contributed by atoms with Crippen LogP contribution in [0.4, 0.5) is 0 Å². The molecule has 0 saturated carbocycles. The van der Waals surface area contributed by atoms with E-state index < -0.39 is 0 Å². The molecule has 0 unspecified atom stereocenters. The average Bonchev–Trinajstić information content (AvgIpc) is 2.90. The van der Waals surface area contributed by atoms with E-state index in [-0.39, 0.29) is 5.41 Å². The van der Waals surface area contributed by atoms with Crippen molar-refractivity contribution in [3.05, 3.63) is 46.2 Å². The van der Waals surface area contributed by atoms with E-state index in [2.05, 4.69) is 54.7 Å². The van der Waals surface area contributed by atoms with Crippen molar-refractivity contribution in [3.63, 3.8) is 0 Å². The van der Waals surface area contributed by atoms with E-state index in [1.54, 1.807) is 6.33 Å². The molecule has 0 fully saturated rings. The lowest BCUT2D eigenvalue weighted by molar-refractivity contribution is 0.396. The average molecular weight is 376 g/mol. The van der Waals surface area contributed by atoms with Crippen molar-refractivity contribution >= 4 is 27.9 Å². The van der Waals surface area contributed by atoms with Gasteiger partial charge >= 0.3 is 0 Å². The summed E-state index contributed by atoms with van der Waals surface area (Å²) in [5.74, 6) is 0. The third kappa shape index (κ3) is 5.39. The molecule has 5 nitrogen and oxygen atoms in total. The number of hydrogen-bond acceptors (Lipinski definition) is 4. The summed E-state index contributed by atoms with van der Waals surface area (Å²) in [7, 11) is 0. The molecule has 1 N–H and O–H groups in total. The first kappa shape index (κ1) is 17.5. The van der Waals surface area contributed by atoms with Gasteiger partial charge in [-0.25, -0.2) is 9.97 Å². The zero-order valence-corrected chi connectivity index (χ0v) is 15.6. The Balaban J connectivity index is 1.96. The fourth-order valence-electron chi connectivity index (χ4n) is 1.95. The number of nitrogens with zero attached hydrogens (tertiary/aromatic N) is 4. The quantitative estimate of drug-likeness (QED) is 0.615. The highest BCUT2D eigenvalue weighted by Crippen LogP contribution is 2.17. The van der Waals surface area contributed by atoms with E-state index >= 15 is 0 Å². The molecule has 122 valence electrons. The summed E-state index contributed by atoms with van der Waals surface area (Å²) in [4.78, 5) is 20.9. The molecule has 23 heavy (non-hydrogen) atoms. The maximum absolute atomic E-state index is 4.68. The molecule has 0 aliphatic heterocycles. The molecule has 0 atom stereocenters. The lowest BCUT2D eigenvalue weighted by Crippen LogP contribution is -2.20.